The molecule has 3 heterocycles. The summed E-state index contributed by atoms with van der Waals surface area (Å²) >= 11 is 1.45. The fraction of sp³-hybridized carbons (Fsp3) is 0.300. The lowest BCUT2D eigenvalue weighted by atomic mass is 10.00. The molecule has 3 aromatic rings. The van der Waals surface area contributed by atoms with E-state index in [2.05, 4.69) is 33.4 Å². The van der Waals surface area contributed by atoms with Crippen LogP contribution in [0.1, 0.15) is 18.1 Å². The number of carbonyl (C=O) groups excluding carboxylic acids is 1. The van der Waals surface area contributed by atoms with Crippen molar-refractivity contribution in [1.29, 1.82) is 0 Å². The van der Waals surface area contributed by atoms with Crippen molar-refractivity contribution in [1.82, 2.24) is 24.6 Å². The number of pyridine rings is 1. The minimum atomic E-state index is -0.219. The molecule has 4 rings (SSSR count). The van der Waals surface area contributed by atoms with Crippen molar-refractivity contribution in [3.05, 3.63) is 59.9 Å². The molecule has 0 radical (unpaired) electrons. The number of hydrogen-bond donors (Lipinski definition) is 0. The average Bonchev–Trinajstić information content (AvgIpc) is 3.08. The maximum absolute atomic E-state index is 12.9. The second-order valence-electron chi connectivity index (χ2n) is 6.64. The van der Waals surface area contributed by atoms with E-state index in [-0.39, 0.29) is 11.2 Å². The van der Waals surface area contributed by atoms with Crippen molar-refractivity contribution < 1.29 is 4.79 Å². The molecule has 138 valence electrons. The van der Waals surface area contributed by atoms with Gasteiger partial charge in [0, 0.05) is 38.1 Å². The molecular formula is C20H21N5OS. The van der Waals surface area contributed by atoms with Crippen molar-refractivity contribution >= 4 is 17.7 Å². The van der Waals surface area contributed by atoms with Crippen molar-refractivity contribution in [2.75, 3.05) is 6.54 Å². The summed E-state index contributed by atoms with van der Waals surface area (Å²) in [6.07, 6.45) is 4.38. The molecule has 0 saturated heterocycles. The van der Waals surface area contributed by atoms with Gasteiger partial charge in [-0.05, 0) is 36.6 Å². The summed E-state index contributed by atoms with van der Waals surface area (Å²) in [5, 5.41) is 9.08. The van der Waals surface area contributed by atoms with Gasteiger partial charge in [-0.3, -0.25) is 9.78 Å². The Morgan fingerprint density at radius 1 is 1.11 bits per heavy atom. The van der Waals surface area contributed by atoms with Gasteiger partial charge in [-0.15, -0.1) is 10.2 Å². The molecule has 1 atom stereocenters. The van der Waals surface area contributed by atoms with E-state index in [0.29, 0.717) is 6.54 Å². The van der Waals surface area contributed by atoms with Crippen LogP contribution in [0.5, 0.6) is 0 Å². The highest BCUT2D eigenvalue weighted by molar-refractivity contribution is 8.00. The summed E-state index contributed by atoms with van der Waals surface area (Å²) in [5.74, 6) is 0.911. The van der Waals surface area contributed by atoms with Crippen molar-refractivity contribution in [3.63, 3.8) is 0 Å². The first-order valence-corrected chi connectivity index (χ1v) is 9.83. The molecule has 0 fully saturated rings. The van der Waals surface area contributed by atoms with Gasteiger partial charge in [-0.25, -0.2) is 0 Å². The van der Waals surface area contributed by atoms with Gasteiger partial charge < -0.3 is 9.47 Å². The Kier molecular flexibility index (Phi) is 4.94. The van der Waals surface area contributed by atoms with E-state index < -0.39 is 0 Å². The molecule has 2 aromatic heterocycles. The Morgan fingerprint density at radius 2 is 1.85 bits per heavy atom. The first kappa shape index (κ1) is 17.7. The van der Waals surface area contributed by atoms with E-state index in [0.717, 1.165) is 29.5 Å². The van der Waals surface area contributed by atoms with Gasteiger partial charge in [0.15, 0.2) is 11.0 Å². The van der Waals surface area contributed by atoms with E-state index in [1.54, 1.807) is 12.4 Å². The van der Waals surface area contributed by atoms with E-state index in [4.69, 9.17) is 0 Å². The monoisotopic (exact) mass is 379 g/mol. The van der Waals surface area contributed by atoms with Gasteiger partial charge in [0.1, 0.15) is 0 Å². The zero-order valence-electron chi connectivity index (χ0n) is 15.4. The molecule has 1 aliphatic heterocycles. The third-order valence-electron chi connectivity index (χ3n) is 4.85. The molecule has 0 unspecified atom stereocenters. The topological polar surface area (TPSA) is 63.9 Å². The molecule has 0 spiro atoms. The number of thioether (sulfide) groups is 1. The Hall–Kier alpha value is -2.67. The summed E-state index contributed by atoms with van der Waals surface area (Å²) in [4.78, 5) is 18.9. The standard InChI is InChI=1S/C20H21N5OS/c1-14(19(26)25-12-9-15-5-3-4-6-17(15)13-25)27-20-23-22-18(24(20)2)16-7-10-21-11-8-16/h3-8,10-11,14H,9,12-13H2,1-2H3/t14-/m1/s1. The molecular weight excluding hydrogens is 358 g/mol. The largest absolute Gasteiger partial charge is 0.337 e. The van der Waals surface area contributed by atoms with Crippen molar-refractivity contribution in [2.24, 2.45) is 7.05 Å². The summed E-state index contributed by atoms with van der Waals surface area (Å²) in [6, 6.07) is 12.1. The van der Waals surface area contributed by atoms with Crippen LogP contribution in [0.3, 0.4) is 0 Å². The van der Waals surface area contributed by atoms with Gasteiger partial charge in [0.25, 0.3) is 0 Å². The zero-order valence-corrected chi connectivity index (χ0v) is 16.2. The van der Waals surface area contributed by atoms with E-state index in [1.807, 2.05) is 41.6 Å². The Labute approximate surface area is 162 Å². The molecule has 1 amide bonds. The predicted octanol–water partition coefficient (Wildman–Crippen LogP) is 2.94. The highest BCUT2D eigenvalue weighted by atomic mass is 32.2. The van der Waals surface area contributed by atoms with Crippen LogP contribution in [0.15, 0.2) is 53.9 Å². The number of carbonyl (C=O) groups is 1. The van der Waals surface area contributed by atoms with Crippen LogP contribution < -0.4 is 0 Å². The molecule has 27 heavy (non-hydrogen) atoms. The SMILES string of the molecule is C[C@@H](Sc1nnc(-c2ccncc2)n1C)C(=O)N1CCc2ccccc2C1. The minimum Gasteiger partial charge on any atom is -0.337 e. The summed E-state index contributed by atoms with van der Waals surface area (Å²) in [5.41, 5.74) is 3.54. The van der Waals surface area contributed by atoms with Gasteiger partial charge in [-0.1, -0.05) is 36.0 Å². The maximum Gasteiger partial charge on any atom is 0.236 e. The van der Waals surface area contributed by atoms with E-state index >= 15 is 0 Å². The molecule has 0 aliphatic carbocycles. The van der Waals surface area contributed by atoms with E-state index in [1.165, 1.54) is 22.9 Å². The average molecular weight is 379 g/mol. The van der Waals surface area contributed by atoms with Crippen molar-refractivity contribution in [3.8, 4) is 11.4 Å². The van der Waals surface area contributed by atoms with Crippen LogP contribution in [0.25, 0.3) is 11.4 Å². The Morgan fingerprint density at radius 3 is 2.63 bits per heavy atom. The number of benzene rings is 1. The van der Waals surface area contributed by atoms with Crippen LogP contribution in [0.2, 0.25) is 0 Å². The zero-order chi connectivity index (χ0) is 18.8. The Balaban J connectivity index is 1.46. The first-order chi connectivity index (χ1) is 13.1. The molecule has 1 aliphatic rings. The lowest BCUT2D eigenvalue weighted by Crippen LogP contribution is -2.40. The number of aromatic nitrogens is 4. The van der Waals surface area contributed by atoms with Crippen molar-refractivity contribution in [2.45, 2.75) is 30.3 Å². The molecule has 1 aromatic carbocycles. The summed E-state index contributed by atoms with van der Waals surface area (Å²) in [7, 11) is 1.92. The lowest BCUT2D eigenvalue weighted by molar-refractivity contribution is -0.131. The molecule has 7 heteroatoms. The molecule has 0 N–H and O–H groups in total. The fourth-order valence-corrected chi connectivity index (χ4v) is 4.22. The summed E-state index contributed by atoms with van der Waals surface area (Å²) < 4.78 is 1.93. The highest BCUT2D eigenvalue weighted by Crippen LogP contribution is 2.28. The minimum absolute atomic E-state index is 0.142. The normalized spacial score (nSPS) is 14.7. The third-order valence-corrected chi connectivity index (χ3v) is 5.97. The maximum atomic E-state index is 12.9. The van der Waals surface area contributed by atoms with E-state index in [9.17, 15) is 4.79 Å². The van der Waals surface area contributed by atoms with Gasteiger partial charge in [0.2, 0.25) is 5.91 Å². The number of fused-ring (bicyclic) bond motifs is 1. The van der Waals surface area contributed by atoms with Gasteiger partial charge >= 0.3 is 0 Å². The lowest BCUT2D eigenvalue weighted by Gasteiger charge is -2.30. The van der Waals surface area contributed by atoms with Crippen LogP contribution in [-0.4, -0.2) is 42.4 Å². The quantitative estimate of drug-likeness (QED) is 0.652. The van der Waals surface area contributed by atoms with Crippen LogP contribution in [0, 0.1) is 0 Å². The first-order valence-electron chi connectivity index (χ1n) is 8.95. The second kappa shape index (κ2) is 7.52. The smallest absolute Gasteiger partial charge is 0.236 e. The third kappa shape index (κ3) is 3.60. The molecule has 0 bridgehead atoms. The summed E-state index contributed by atoms with van der Waals surface area (Å²) in [6.45, 7) is 3.39. The van der Waals surface area contributed by atoms with Gasteiger partial charge in [-0.2, -0.15) is 0 Å². The van der Waals surface area contributed by atoms with Crippen LogP contribution >= 0.6 is 11.8 Å². The fourth-order valence-electron chi connectivity index (χ4n) is 3.32. The van der Waals surface area contributed by atoms with Gasteiger partial charge in [0.05, 0.1) is 5.25 Å². The highest BCUT2D eigenvalue weighted by Gasteiger charge is 2.26. The number of amides is 1. The van der Waals surface area contributed by atoms with Crippen LogP contribution in [-0.2, 0) is 24.8 Å². The number of nitrogens with zero attached hydrogens (tertiary/aromatic N) is 5. The predicted molar refractivity (Wildman–Crippen MR) is 105 cm³/mol. The molecule has 6 nitrogen and oxygen atoms in total. The molecule has 0 saturated carbocycles. The number of rotatable bonds is 4. The van der Waals surface area contributed by atoms with Crippen LogP contribution in [0.4, 0.5) is 0 Å². The number of hydrogen-bond acceptors (Lipinski definition) is 5. The Bertz CT molecular complexity index is 956. The second-order valence-corrected chi connectivity index (χ2v) is 7.95.